The highest BCUT2D eigenvalue weighted by atomic mass is 16.2. The van der Waals surface area contributed by atoms with Crippen LogP contribution < -0.4 is 16.0 Å². The molecule has 250 valence electrons. The number of H-pyrrole nitrogens is 1. The van der Waals surface area contributed by atoms with Gasteiger partial charge in [-0.15, -0.1) is 0 Å². The van der Waals surface area contributed by atoms with E-state index >= 15 is 0 Å². The zero-order valence-corrected chi connectivity index (χ0v) is 27.6. The van der Waals surface area contributed by atoms with Crippen molar-refractivity contribution in [3.63, 3.8) is 0 Å². The Kier molecular flexibility index (Phi) is 10.5. The third kappa shape index (κ3) is 8.06. The molecule has 5 amide bonds. The first-order chi connectivity index (χ1) is 23.0. The lowest BCUT2D eigenvalue weighted by Crippen LogP contribution is -2.57. The molecule has 0 bridgehead atoms. The van der Waals surface area contributed by atoms with Crippen LogP contribution in [0.3, 0.4) is 0 Å². The highest BCUT2D eigenvalue weighted by Crippen LogP contribution is 2.20. The van der Waals surface area contributed by atoms with Crippen molar-refractivity contribution in [3.8, 4) is 0 Å². The molecule has 0 spiro atoms. The monoisotopic (exact) mass is 651 g/mol. The summed E-state index contributed by atoms with van der Waals surface area (Å²) in [7, 11) is 1.50. The van der Waals surface area contributed by atoms with Gasteiger partial charge in [0.15, 0.2) is 0 Å². The third-order valence-electron chi connectivity index (χ3n) is 8.59. The number of benzene rings is 2. The van der Waals surface area contributed by atoms with Gasteiger partial charge in [0.2, 0.25) is 23.6 Å². The maximum Gasteiger partial charge on any atom is 0.254 e. The summed E-state index contributed by atoms with van der Waals surface area (Å²) in [6.07, 6.45) is 2.15. The Labute approximate surface area is 279 Å². The molecule has 3 heterocycles. The highest BCUT2D eigenvalue weighted by Gasteiger charge is 2.33. The van der Waals surface area contributed by atoms with E-state index in [1.54, 1.807) is 39.1 Å². The number of carbonyl (C=O) groups is 5. The van der Waals surface area contributed by atoms with Crippen molar-refractivity contribution >= 4 is 40.4 Å². The summed E-state index contributed by atoms with van der Waals surface area (Å²) in [4.78, 5) is 78.7. The molecule has 1 saturated heterocycles. The average molecular weight is 652 g/mol. The molecule has 12 nitrogen and oxygen atoms in total. The minimum atomic E-state index is -1.05. The topological polar surface area (TPSA) is 157 Å². The zero-order chi connectivity index (χ0) is 34.4. The average Bonchev–Trinajstić information content (AvgIpc) is 3.48. The molecule has 1 fully saturated rings. The van der Waals surface area contributed by atoms with E-state index in [0.717, 1.165) is 22.0 Å². The van der Waals surface area contributed by atoms with Gasteiger partial charge in [0.05, 0.1) is 6.54 Å². The van der Waals surface area contributed by atoms with Gasteiger partial charge < -0.3 is 30.7 Å². The van der Waals surface area contributed by atoms with Gasteiger partial charge in [-0.05, 0) is 50.1 Å². The van der Waals surface area contributed by atoms with Crippen molar-refractivity contribution in [1.82, 2.24) is 35.7 Å². The molecule has 0 unspecified atom stereocenters. The van der Waals surface area contributed by atoms with E-state index in [4.69, 9.17) is 0 Å². The molecule has 4 N–H and O–H groups in total. The Hall–Kier alpha value is -5.52. The molecule has 48 heavy (non-hydrogen) atoms. The quantitative estimate of drug-likeness (QED) is 0.259. The van der Waals surface area contributed by atoms with Gasteiger partial charge >= 0.3 is 0 Å². The molecule has 12 heteroatoms. The Morgan fingerprint density at radius 1 is 0.875 bits per heavy atom. The second kappa shape index (κ2) is 14.9. The van der Waals surface area contributed by atoms with Gasteiger partial charge in [-0.1, -0.05) is 48.5 Å². The molecule has 4 aromatic rings. The number of nitrogens with one attached hydrogen (secondary N) is 4. The number of fused-ring (bicyclic) bond motifs is 1. The van der Waals surface area contributed by atoms with E-state index in [1.165, 1.54) is 16.8 Å². The Morgan fingerprint density at radius 2 is 1.56 bits per heavy atom. The number of pyridine rings is 1. The number of nitrogens with zero attached hydrogens (tertiary/aromatic N) is 3. The molecular formula is C36H41N7O5. The first-order valence-corrected chi connectivity index (χ1v) is 16.0. The molecular weight excluding hydrogens is 610 g/mol. The predicted molar refractivity (Wildman–Crippen MR) is 181 cm³/mol. The molecule has 0 saturated carbocycles. The molecule has 2 aromatic carbocycles. The maximum absolute atomic E-state index is 14.0. The number of aromatic amines is 1. The zero-order valence-electron chi connectivity index (χ0n) is 27.6. The Bertz CT molecular complexity index is 1800. The normalized spacial score (nSPS) is 20.0. The molecule has 3 atom stereocenters. The van der Waals surface area contributed by atoms with Gasteiger partial charge in [-0.25, -0.2) is 0 Å². The van der Waals surface area contributed by atoms with Crippen LogP contribution in [0.15, 0.2) is 72.9 Å². The molecule has 5 rings (SSSR count). The van der Waals surface area contributed by atoms with Gasteiger partial charge in [0.1, 0.15) is 18.1 Å². The smallest absolute Gasteiger partial charge is 0.254 e. The number of rotatable bonds is 5. The summed E-state index contributed by atoms with van der Waals surface area (Å²) in [5, 5.41) is 9.40. The number of likely N-dealkylation sites (N-methyl/N-ethyl adjacent to an activating group) is 1. The van der Waals surface area contributed by atoms with Crippen molar-refractivity contribution in [1.29, 1.82) is 0 Å². The minimum Gasteiger partial charge on any atom is -0.361 e. The first-order valence-electron chi connectivity index (χ1n) is 16.0. The van der Waals surface area contributed by atoms with E-state index in [9.17, 15) is 24.0 Å². The van der Waals surface area contributed by atoms with Crippen molar-refractivity contribution in [2.24, 2.45) is 0 Å². The lowest BCUT2D eigenvalue weighted by atomic mass is 10.0. The fraction of sp³-hybridized carbons (Fsp3) is 0.333. The van der Waals surface area contributed by atoms with Crippen LogP contribution in [0.25, 0.3) is 10.9 Å². The highest BCUT2D eigenvalue weighted by molar-refractivity contribution is 5.98. The van der Waals surface area contributed by atoms with Crippen molar-refractivity contribution in [3.05, 3.63) is 101 Å². The van der Waals surface area contributed by atoms with Crippen molar-refractivity contribution < 1.29 is 24.0 Å². The largest absolute Gasteiger partial charge is 0.361 e. The molecule has 1 aliphatic rings. The molecule has 0 radical (unpaired) electrons. The predicted octanol–water partition coefficient (Wildman–Crippen LogP) is 2.05. The van der Waals surface area contributed by atoms with Crippen molar-refractivity contribution in [2.45, 2.75) is 51.7 Å². The summed E-state index contributed by atoms with van der Waals surface area (Å²) in [6, 6.07) is 17.2. The van der Waals surface area contributed by atoms with Crippen LogP contribution in [0.1, 0.15) is 39.8 Å². The van der Waals surface area contributed by atoms with E-state index in [-0.39, 0.29) is 32.5 Å². The molecule has 1 aliphatic heterocycles. The number of carbonyl (C=O) groups excluding carboxylic acids is 5. The molecule has 2 aromatic heterocycles. The van der Waals surface area contributed by atoms with E-state index < -0.39 is 47.7 Å². The number of hydrogen-bond donors (Lipinski definition) is 4. The minimum absolute atomic E-state index is 0.00177. The van der Waals surface area contributed by atoms with Crippen LogP contribution in [0.5, 0.6) is 0 Å². The summed E-state index contributed by atoms with van der Waals surface area (Å²) in [5.74, 6) is -2.44. The summed E-state index contributed by atoms with van der Waals surface area (Å²) < 4.78 is 0. The fourth-order valence-electron chi connectivity index (χ4n) is 5.93. The van der Waals surface area contributed by atoms with Crippen LogP contribution in [0.2, 0.25) is 0 Å². The van der Waals surface area contributed by atoms with Crippen LogP contribution in [-0.4, -0.2) is 94.1 Å². The molecule has 0 aliphatic carbocycles. The van der Waals surface area contributed by atoms with Gasteiger partial charge in [0.25, 0.3) is 5.91 Å². The Balaban J connectivity index is 1.48. The number of aromatic nitrogens is 2. The second-order valence-electron chi connectivity index (χ2n) is 12.2. The second-order valence-corrected chi connectivity index (χ2v) is 12.2. The summed E-state index contributed by atoms with van der Waals surface area (Å²) >= 11 is 0. The Morgan fingerprint density at radius 3 is 2.29 bits per heavy atom. The lowest BCUT2D eigenvalue weighted by molar-refractivity contribution is -0.142. The first kappa shape index (κ1) is 33.8. The maximum atomic E-state index is 14.0. The van der Waals surface area contributed by atoms with E-state index in [1.807, 2.05) is 54.6 Å². The van der Waals surface area contributed by atoms with Gasteiger partial charge in [-0.2, -0.15) is 0 Å². The van der Waals surface area contributed by atoms with Crippen LogP contribution in [-0.2, 0) is 32.0 Å². The van der Waals surface area contributed by atoms with E-state index in [0.29, 0.717) is 17.0 Å². The number of amides is 5. The SMILES string of the molecule is Cc1cc(C(=O)N2CCNC(=O)[C@H](Cc3ccccc3)NC(=O)[C@H](C)N(C)C(=O)[C@H](Cc3c[nH]c4ccccc34)NC(=O)C2)cc(C)n1. The lowest BCUT2D eigenvalue weighted by Gasteiger charge is -2.30. The van der Waals surface area contributed by atoms with Crippen LogP contribution in [0, 0.1) is 13.8 Å². The number of para-hydroxylation sites is 1. The van der Waals surface area contributed by atoms with Crippen LogP contribution in [0.4, 0.5) is 0 Å². The van der Waals surface area contributed by atoms with Gasteiger partial charge in [0, 0.05) is 67.0 Å². The van der Waals surface area contributed by atoms with Crippen LogP contribution >= 0.6 is 0 Å². The van der Waals surface area contributed by atoms with Gasteiger partial charge in [-0.3, -0.25) is 29.0 Å². The van der Waals surface area contributed by atoms with Crippen molar-refractivity contribution in [2.75, 3.05) is 26.7 Å². The summed E-state index contributed by atoms with van der Waals surface area (Å²) in [6.45, 7) is 4.80. The van der Waals surface area contributed by atoms with E-state index in [2.05, 4.69) is 25.9 Å². The number of hydrogen-bond acceptors (Lipinski definition) is 6. The standard InChI is InChI=1S/C36H41N7O5/c1-22-16-26(17-23(2)39-22)35(47)43-15-14-37-34(46)30(18-25-10-6-5-7-11-25)41-33(45)24(3)42(4)36(48)31(40-32(44)21-43)19-27-20-38-29-13-9-8-12-28(27)29/h5-13,16-17,20,24,30-31,38H,14-15,18-19,21H2,1-4H3,(H,37,46)(H,40,44)(H,41,45)/t24-,30-,31-/m0/s1. The summed E-state index contributed by atoms with van der Waals surface area (Å²) in [5.41, 5.74) is 4.17. The fourth-order valence-corrected chi connectivity index (χ4v) is 5.93. The number of aryl methyl sites for hydroxylation is 2. The third-order valence-corrected chi connectivity index (χ3v) is 8.59.